The molecule has 0 spiro atoms. The van der Waals surface area contributed by atoms with E-state index in [1.54, 1.807) is 20.8 Å². The molecule has 0 aliphatic carbocycles. The highest BCUT2D eigenvalue weighted by Gasteiger charge is 2.79. The fraction of sp³-hybridized carbons (Fsp3) is 0.611. The van der Waals surface area contributed by atoms with Gasteiger partial charge in [-0.3, -0.25) is 9.69 Å². The van der Waals surface area contributed by atoms with Gasteiger partial charge in [-0.1, -0.05) is 0 Å². The first kappa shape index (κ1) is 22.3. The quantitative estimate of drug-likeness (QED) is 0.636. The molecule has 0 aromatic heterocycles. The van der Waals surface area contributed by atoms with Crippen molar-refractivity contribution in [3.8, 4) is 5.75 Å². The van der Waals surface area contributed by atoms with Gasteiger partial charge in [-0.05, 0) is 58.9 Å². The Morgan fingerprint density at radius 3 is 1.82 bits per heavy atom. The van der Waals surface area contributed by atoms with Crippen LogP contribution in [0.4, 0.5) is 32.0 Å². The van der Waals surface area contributed by atoms with Gasteiger partial charge in [0.2, 0.25) is 5.91 Å². The monoisotopic (exact) mass is 413 g/mol. The predicted octanol–water partition coefficient (Wildman–Crippen LogP) is 5.07. The fourth-order valence-electron chi connectivity index (χ4n) is 2.75. The maximum absolute atomic E-state index is 13.7. The van der Waals surface area contributed by atoms with Gasteiger partial charge in [0.1, 0.15) is 11.4 Å². The third-order valence-corrected chi connectivity index (χ3v) is 4.03. The zero-order chi connectivity index (χ0) is 21.8. The van der Waals surface area contributed by atoms with Crippen molar-refractivity contribution in [3.05, 3.63) is 24.3 Å². The number of hydrogen-bond donors (Lipinski definition) is 0. The summed E-state index contributed by atoms with van der Waals surface area (Å²) in [7, 11) is 0. The number of carbonyl (C=O) groups excluding carboxylic acids is 1. The van der Waals surface area contributed by atoms with Crippen molar-refractivity contribution in [2.45, 2.75) is 58.3 Å². The summed E-state index contributed by atoms with van der Waals surface area (Å²) in [5, 5.41) is 0. The van der Waals surface area contributed by atoms with Crippen LogP contribution >= 0.6 is 0 Å². The first-order valence-electron chi connectivity index (χ1n) is 8.33. The van der Waals surface area contributed by atoms with E-state index in [0.717, 1.165) is 12.1 Å². The molecule has 1 saturated heterocycles. The zero-order valence-corrected chi connectivity index (χ0v) is 16.0. The second-order valence-corrected chi connectivity index (χ2v) is 8.16. The minimum absolute atomic E-state index is 0.227. The largest absolute Gasteiger partial charge is 0.488 e. The van der Waals surface area contributed by atoms with Gasteiger partial charge in [0, 0.05) is 5.69 Å². The third-order valence-electron chi connectivity index (χ3n) is 4.03. The molecule has 0 radical (unpaired) electrons. The van der Waals surface area contributed by atoms with E-state index in [0.29, 0.717) is 0 Å². The van der Waals surface area contributed by atoms with E-state index in [9.17, 15) is 31.1 Å². The van der Waals surface area contributed by atoms with Crippen LogP contribution in [0.1, 0.15) is 34.6 Å². The molecule has 0 saturated carbocycles. The lowest BCUT2D eigenvalue weighted by molar-refractivity contribution is -0.387. The summed E-state index contributed by atoms with van der Waals surface area (Å²) in [6.45, 7) is 6.58. The number of anilines is 1. The summed E-state index contributed by atoms with van der Waals surface area (Å²) in [6.07, 6.45) is -11.8. The molecular formula is C18H21F6NO3. The van der Waals surface area contributed by atoms with Crippen molar-refractivity contribution in [3.63, 3.8) is 0 Å². The molecule has 28 heavy (non-hydrogen) atoms. The van der Waals surface area contributed by atoms with E-state index in [-0.39, 0.29) is 10.6 Å². The van der Waals surface area contributed by atoms with Crippen molar-refractivity contribution in [1.29, 1.82) is 0 Å². The Morgan fingerprint density at radius 2 is 1.43 bits per heavy atom. The molecule has 0 bridgehead atoms. The molecule has 1 aromatic carbocycles. The highest BCUT2D eigenvalue weighted by molar-refractivity contribution is 5.99. The van der Waals surface area contributed by atoms with Gasteiger partial charge in [0.25, 0.3) is 0 Å². The van der Waals surface area contributed by atoms with Crippen LogP contribution in [0.3, 0.4) is 0 Å². The predicted molar refractivity (Wildman–Crippen MR) is 88.9 cm³/mol. The average molecular weight is 413 g/mol. The molecule has 4 nitrogen and oxygen atoms in total. The zero-order valence-electron chi connectivity index (χ0n) is 16.0. The summed E-state index contributed by atoms with van der Waals surface area (Å²) in [6, 6.07) is 4.34. The van der Waals surface area contributed by atoms with Crippen LogP contribution in [0.25, 0.3) is 0 Å². The van der Waals surface area contributed by atoms with E-state index in [1.165, 1.54) is 26.0 Å². The molecule has 0 unspecified atom stereocenters. The molecule has 1 heterocycles. The lowest BCUT2D eigenvalue weighted by atomic mass is 9.88. The number of ether oxygens (including phenoxy) is 2. The van der Waals surface area contributed by atoms with Gasteiger partial charge < -0.3 is 9.47 Å². The molecule has 1 aliphatic rings. The van der Waals surface area contributed by atoms with Crippen LogP contribution < -0.4 is 9.64 Å². The van der Waals surface area contributed by atoms with Gasteiger partial charge >= 0.3 is 18.1 Å². The Morgan fingerprint density at radius 1 is 0.964 bits per heavy atom. The Kier molecular flexibility index (Phi) is 5.21. The molecule has 0 N–H and O–H groups in total. The topological polar surface area (TPSA) is 38.8 Å². The maximum atomic E-state index is 13.7. The summed E-state index contributed by atoms with van der Waals surface area (Å²) in [5.74, 6) is -1.12. The smallest absolute Gasteiger partial charge is 0.447 e. The van der Waals surface area contributed by atoms with Gasteiger partial charge in [-0.15, -0.1) is 0 Å². The first-order valence-corrected chi connectivity index (χ1v) is 8.33. The van der Waals surface area contributed by atoms with Crippen molar-refractivity contribution in [2.75, 3.05) is 11.5 Å². The number of amides is 1. The molecule has 1 fully saturated rings. The summed E-state index contributed by atoms with van der Waals surface area (Å²) < 4.78 is 92.0. The minimum Gasteiger partial charge on any atom is -0.488 e. The number of rotatable bonds is 2. The van der Waals surface area contributed by atoms with E-state index in [4.69, 9.17) is 4.74 Å². The van der Waals surface area contributed by atoms with Crippen molar-refractivity contribution < 1.29 is 40.6 Å². The number of hydrogen-bond acceptors (Lipinski definition) is 3. The van der Waals surface area contributed by atoms with E-state index >= 15 is 0 Å². The summed E-state index contributed by atoms with van der Waals surface area (Å²) in [5.41, 5.74) is -7.59. The minimum atomic E-state index is -5.92. The third kappa shape index (κ3) is 3.78. The van der Waals surface area contributed by atoms with Crippen molar-refractivity contribution in [1.82, 2.24) is 0 Å². The van der Waals surface area contributed by atoms with Gasteiger partial charge in [-0.25, -0.2) is 0 Å². The van der Waals surface area contributed by atoms with E-state index < -0.39 is 47.3 Å². The molecule has 158 valence electrons. The lowest BCUT2D eigenvalue weighted by Gasteiger charge is -2.51. The SMILES string of the molecule is CC(C)(C)Oc1ccc(N2C(=O)C(C)(C)COC2(C(F)(F)F)C(F)(F)F)cc1. The van der Waals surface area contributed by atoms with Crippen molar-refractivity contribution >= 4 is 11.6 Å². The molecule has 10 heteroatoms. The fourth-order valence-corrected chi connectivity index (χ4v) is 2.75. The van der Waals surface area contributed by atoms with Crippen LogP contribution in [-0.2, 0) is 9.53 Å². The second kappa shape index (κ2) is 6.53. The van der Waals surface area contributed by atoms with Crippen LogP contribution in [0.15, 0.2) is 24.3 Å². The standard InChI is InChI=1S/C18H21F6NO3/c1-14(2,3)28-12-8-6-11(7-9-12)25-13(26)15(4,5)10-27-16(25,17(19,20)21)18(22,23)24/h6-9H,10H2,1-5H3. The lowest BCUT2D eigenvalue weighted by Crippen LogP contribution is -2.75. The van der Waals surface area contributed by atoms with E-state index in [1.807, 2.05) is 0 Å². The molecule has 0 atom stereocenters. The summed E-state index contributed by atoms with van der Waals surface area (Å²) in [4.78, 5) is 12.3. The van der Waals surface area contributed by atoms with Crippen LogP contribution in [0, 0.1) is 5.41 Å². The Labute approximate surface area is 158 Å². The number of nitrogens with zero attached hydrogens (tertiary/aromatic N) is 1. The Balaban J connectivity index is 2.64. The summed E-state index contributed by atoms with van der Waals surface area (Å²) >= 11 is 0. The number of carbonyl (C=O) groups is 1. The van der Waals surface area contributed by atoms with Gasteiger partial charge in [0.05, 0.1) is 12.0 Å². The highest BCUT2D eigenvalue weighted by atomic mass is 19.4. The van der Waals surface area contributed by atoms with Crippen molar-refractivity contribution in [2.24, 2.45) is 5.41 Å². The van der Waals surface area contributed by atoms with Gasteiger partial charge in [0.15, 0.2) is 0 Å². The molecular weight excluding hydrogens is 392 g/mol. The van der Waals surface area contributed by atoms with Crippen LogP contribution in [-0.4, -0.2) is 36.2 Å². The molecule has 1 amide bonds. The number of benzene rings is 1. The normalized spacial score (nSPS) is 20.2. The Hall–Kier alpha value is -1.97. The number of halogens is 6. The second-order valence-electron chi connectivity index (χ2n) is 8.16. The average Bonchev–Trinajstić information content (AvgIpc) is 2.47. The molecule has 1 aliphatic heterocycles. The first-order chi connectivity index (χ1) is 12.4. The molecule has 2 rings (SSSR count). The maximum Gasteiger partial charge on any atom is 0.447 e. The van der Waals surface area contributed by atoms with Gasteiger partial charge in [-0.2, -0.15) is 26.3 Å². The molecule has 1 aromatic rings. The Bertz CT molecular complexity index is 718. The highest BCUT2D eigenvalue weighted by Crippen LogP contribution is 2.53. The number of alkyl halides is 6. The van der Waals surface area contributed by atoms with Crippen LogP contribution in [0.2, 0.25) is 0 Å². The van der Waals surface area contributed by atoms with E-state index in [2.05, 4.69) is 4.74 Å². The van der Waals surface area contributed by atoms with Crippen LogP contribution in [0.5, 0.6) is 5.75 Å².